The first-order valence-electron chi connectivity index (χ1n) is 11.6. The largest absolute Gasteiger partial charge is 0.444 e. The van der Waals surface area contributed by atoms with Gasteiger partial charge in [0.05, 0.1) is 5.54 Å². The molecule has 10 heteroatoms. The number of aliphatic hydroxyl groups is 1. The average molecular weight is 464 g/mol. The second-order valence-electron chi connectivity index (χ2n) is 10.8. The number of amides is 3. The summed E-state index contributed by atoms with van der Waals surface area (Å²) in [7, 11) is 1.72. The number of carbonyl (C=O) groups excluding carboxylic acids is 3. The SMILES string of the molecule is Cn1ccc(NC(=O)C(O)C2(NC(=O)[C@H](CC3(C)CCC3)NC(=O)OC(C)(C)C)CCC2)n1. The second-order valence-corrected chi connectivity index (χ2v) is 10.8. The van der Waals surface area contributed by atoms with Crippen LogP contribution in [0.1, 0.15) is 72.6 Å². The zero-order chi connectivity index (χ0) is 24.4. The predicted molar refractivity (Wildman–Crippen MR) is 122 cm³/mol. The minimum Gasteiger partial charge on any atom is -0.444 e. The molecule has 0 aromatic carbocycles. The predicted octanol–water partition coefficient (Wildman–Crippen LogP) is 2.23. The first kappa shape index (κ1) is 25.0. The van der Waals surface area contributed by atoms with Gasteiger partial charge in [0.2, 0.25) is 5.91 Å². The summed E-state index contributed by atoms with van der Waals surface area (Å²) in [5.41, 5.74) is -1.82. The van der Waals surface area contributed by atoms with Crippen LogP contribution >= 0.6 is 0 Å². The molecule has 2 aliphatic carbocycles. The number of hydrogen-bond acceptors (Lipinski definition) is 6. The van der Waals surface area contributed by atoms with Crippen molar-refractivity contribution in [3.8, 4) is 0 Å². The molecule has 1 aromatic heterocycles. The summed E-state index contributed by atoms with van der Waals surface area (Å²) in [6, 6.07) is 0.796. The molecule has 2 fully saturated rings. The van der Waals surface area contributed by atoms with E-state index in [-0.39, 0.29) is 5.41 Å². The molecule has 1 heterocycles. The van der Waals surface area contributed by atoms with Gasteiger partial charge in [-0.05, 0) is 64.7 Å². The van der Waals surface area contributed by atoms with Crippen molar-refractivity contribution in [3.05, 3.63) is 12.3 Å². The van der Waals surface area contributed by atoms with Gasteiger partial charge in [-0.2, -0.15) is 5.10 Å². The Morgan fingerprint density at radius 3 is 2.27 bits per heavy atom. The zero-order valence-corrected chi connectivity index (χ0v) is 20.2. The van der Waals surface area contributed by atoms with Gasteiger partial charge in [-0.3, -0.25) is 14.3 Å². The highest BCUT2D eigenvalue weighted by Crippen LogP contribution is 2.44. The summed E-state index contributed by atoms with van der Waals surface area (Å²) in [5, 5.41) is 23.1. The van der Waals surface area contributed by atoms with Gasteiger partial charge in [-0.15, -0.1) is 0 Å². The Balaban J connectivity index is 1.69. The van der Waals surface area contributed by atoms with E-state index in [0.29, 0.717) is 25.1 Å². The Labute approximate surface area is 194 Å². The van der Waals surface area contributed by atoms with Crippen molar-refractivity contribution >= 4 is 23.7 Å². The lowest BCUT2D eigenvalue weighted by Crippen LogP contribution is -2.67. The van der Waals surface area contributed by atoms with Gasteiger partial charge >= 0.3 is 6.09 Å². The van der Waals surface area contributed by atoms with E-state index < -0.39 is 41.2 Å². The van der Waals surface area contributed by atoms with Crippen molar-refractivity contribution in [1.29, 1.82) is 0 Å². The van der Waals surface area contributed by atoms with E-state index in [2.05, 4.69) is 28.0 Å². The number of aryl methyl sites for hydroxylation is 1. The molecule has 1 aromatic rings. The number of aromatic nitrogens is 2. The molecule has 3 amide bonds. The molecule has 10 nitrogen and oxygen atoms in total. The standard InChI is InChI=1S/C23H37N5O5/c1-21(2,3)33-20(32)24-15(14-22(4)9-6-10-22)18(30)26-23(11-7-12-23)17(29)19(31)25-16-8-13-28(5)27-16/h8,13,15,17,29H,6-7,9-12,14H2,1-5H3,(H,24,32)(H,26,30)(H,25,27,31)/t15-,17?/m0/s1. The van der Waals surface area contributed by atoms with Gasteiger partial charge in [0, 0.05) is 19.3 Å². The van der Waals surface area contributed by atoms with Crippen molar-refractivity contribution < 1.29 is 24.2 Å². The molecule has 3 rings (SSSR count). The first-order valence-corrected chi connectivity index (χ1v) is 11.6. The van der Waals surface area contributed by atoms with Crippen LogP contribution in [0, 0.1) is 5.41 Å². The molecule has 2 atom stereocenters. The van der Waals surface area contributed by atoms with E-state index in [1.165, 1.54) is 4.68 Å². The van der Waals surface area contributed by atoms with Crippen LogP contribution in [0.3, 0.4) is 0 Å². The minimum atomic E-state index is -1.45. The molecule has 2 saturated carbocycles. The maximum absolute atomic E-state index is 13.3. The van der Waals surface area contributed by atoms with Crippen molar-refractivity contribution in [2.75, 3.05) is 5.32 Å². The quantitative estimate of drug-likeness (QED) is 0.467. The number of aliphatic hydroxyl groups excluding tert-OH is 1. The highest BCUT2D eigenvalue weighted by molar-refractivity contribution is 5.95. The third-order valence-corrected chi connectivity index (χ3v) is 6.62. The monoisotopic (exact) mass is 463 g/mol. The molecule has 0 aliphatic heterocycles. The number of ether oxygens (including phenoxy) is 1. The van der Waals surface area contributed by atoms with E-state index in [9.17, 15) is 19.5 Å². The molecule has 0 bridgehead atoms. The van der Waals surface area contributed by atoms with Gasteiger partial charge in [0.15, 0.2) is 11.9 Å². The number of anilines is 1. The Hall–Kier alpha value is -2.62. The van der Waals surface area contributed by atoms with Gasteiger partial charge in [0.1, 0.15) is 11.6 Å². The van der Waals surface area contributed by atoms with Crippen LogP contribution in [0.15, 0.2) is 12.3 Å². The summed E-state index contributed by atoms with van der Waals surface area (Å²) in [4.78, 5) is 38.4. The first-order chi connectivity index (χ1) is 15.3. The number of rotatable bonds is 8. The molecular weight excluding hydrogens is 426 g/mol. The fourth-order valence-corrected chi connectivity index (χ4v) is 4.42. The summed E-state index contributed by atoms with van der Waals surface area (Å²) < 4.78 is 6.90. The summed E-state index contributed by atoms with van der Waals surface area (Å²) in [5.74, 6) is -0.723. The molecule has 184 valence electrons. The molecule has 0 radical (unpaired) electrons. The Morgan fingerprint density at radius 2 is 1.82 bits per heavy atom. The second kappa shape index (κ2) is 9.32. The van der Waals surface area contributed by atoms with Crippen molar-refractivity contribution in [2.45, 2.75) is 95.9 Å². The van der Waals surface area contributed by atoms with Crippen LogP contribution in [-0.2, 0) is 21.4 Å². The van der Waals surface area contributed by atoms with Gasteiger partial charge < -0.3 is 25.8 Å². The van der Waals surface area contributed by atoms with Crippen molar-refractivity contribution in [3.63, 3.8) is 0 Å². The van der Waals surface area contributed by atoms with Gasteiger partial charge in [-0.25, -0.2) is 4.79 Å². The maximum atomic E-state index is 13.3. The fourth-order valence-electron chi connectivity index (χ4n) is 4.42. The lowest BCUT2D eigenvalue weighted by atomic mass is 9.66. The molecule has 4 N–H and O–H groups in total. The number of alkyl carbamates (subject to hydrolysis) is 1. The van der Waals surface area contributed by atoms with Crippen molar-refractivity contribution in [2.24, 2.45) is 12.5 Å². The minimum absolute atomic E-state index is 0.0429. The van der Waals surface area contributed by atoms with Gasteiger partial charge in [-0.1, -0.05) is 13.3 Å². The van der Waals surface area contributed by atoms with E-state index in [1.54, 1.807) is 40.1 Å². The average Bonchev–Trinajstić information content (AvgIpc) is 3.05. The van der Waals surface area contributed by atoms with Crippen molar-refractivity contribution in [1.82, 2.24) is 20.4 Å². The highest BCUT2D eigenvalue weighted by Gasteiger charge is 2.49. The summed E-state index contributed by atoms with van der Waals surface area (Å²) in [6.07, 6.45) is 4.78. The van der Waals surface area contributed by atoms with Crippen LogP contribution in [-0.4, -0.2) is 56.1 Å². The molecular formula is C23H37N5O5. The van der Waals surface area contributed by atoms with Crippen LogP contribution in [0.4, 0.5) is 10.6 Å². The zero-order valence-electron chi connectivity index (χ0n) is 20.2. The number of carbonyl (C=O) groups is 3. The fraction of sp³-hybridized carbons (Fsp3) is 0.739. The van der Waals surface area contributed by atoms with E-state index in [1.807, 2.05) is 0 Å². The third kappa shape index (κ3) is 6.25. The maximum Gasteiger partial charge on any atom is 0.408 e. The lowest BCUT2D eigenvalue weighted by molar-refractivity contribution is -0.137. The topological polar surface area (TPSA) is 135 Å². The molecule has 0 saturated heterocycles. The third-order valence-electron chi connectivity index (χ3n) is 6.62. The lowest BCUT2D eigenvalue weighted by Gasteiger charge is -2.46. The molecule has 2 aliphatic rings. The Kier molecular flexibility index (Phi) is 7.07. The Bertz CT molecular complexity index is 882. The van der Waals surface area contributed by atoms with E-state index in [0.717, 1.165) is 25.7 Å². The van der Waals surface area contributed by atoms with Crippen LogP contribution in [0.2, 0.25) is 0 Å². The normalized spacial score (nSPS) is 20.4. The van der Waals surface area contributed by atoms with Crippen LogP contribution < -0.4 is 16.0 Å². The van der Waals surface area contributed by atoms with Gasteiger partial charge in [0.25, 0.3) is 5.91 Å². The highest BCUT2D eigenvalue weighted by atomic mass is 16.6. The molecule has 33 heavy (non-hydrogen) atoms. The van der Waals surface area contributed by atoms with Crippen LogP contribution in [0.25, 0.3) is 0 Å². The number of nitrogens with one attached hydrogen (secondary N) is 3. The summed E-state index contributed by atoms with van der Waals surface area (Å²) in [6.45, 7) is 7.38. The van der Waals surface area contributed by atoms with Crippen LogP contribution in [0.5, 0.6) is 0 Å². The Morgan fingerprint density at radius 1 is 1.18 bits per heavy atom. The smallest absolute Gasteiger partial charge is 0.408 e. The van der Waals surface area contributed by atoms with E-state index in [4.69, 9.17) is 4.74 Å². The number of nitrogens with zero attached hydrogens (tertiary/aromatic N) is 2. The number of hydrogen-bond donors (Lipinski definition) is 4. The molecule has 1 unspecified atom stereocenters. The summed E-state index contributed by atoms with van der Waals surface area (Å²) >= 11 is 0. The molecule has 0 spiro atoms. The van der Waals surface area contributed by atoms with E-state index >= 15 is 0 Å².